The number of nitrogens with zero attached hydrogens (tertiary/aromatic N) is 3. The van der Waals surface area contributed by atoms with E-state index < -0.39 is 0 Å². The number of anilines is 2. The van der Waals surface area contributed by atoms with Crippen molar-refractivity contribution in [3.63, 3.8) is 0 Å². The van der Waals surface area contributed by atoms with Crippen LogP contribution in [0.3, 0.4) is 0 Å². The molecule has 21 heavy (non-hydrogen) atoms. The highest BCUT2D eigenvalue weighted by Crippen LogP contribution is 2.41. The lowest BCUT2D eigenvalue weighted by Gasteiger charge is -2.49. The quantitative estimate of drug-likeness (QED) is 0.735. The number of rotatable bonds is 6. The van der Waals surface area contributed by atoms with E-state index in [1.54, 1.807) is 0 Å². The van der Waals surface area contributed by atoms with Crippen molar-refractivity contribution in [3.8, 4) is 6.01 Å². The Balaban J connectivity index is 2.16. The van der Waals surface area contributed by atoms with E-state index in [-0.39, 0.29) is 23.7 Å². The van der Waals surface area contributed by atoms with Gasteiger partial charge in [-0.05, 0) is 27.2 Å². The molecule has 0 aromatic carbocycles. The molecule has 3 N–H and O–H groups in total. The van der Waals surface area contributed by atoms with Gasteiger partial charge in [-0.3, -0.25) is 0 Å². The zero-order valence-corrected chi connectivity index (χ0v) is 13.3. The second-order valence-corrected chi connectivity index (χ2v) is 6.23. The second-order valence-electron chi connectivity index (χ2n) is 6.23. The maximum atomic E-state index is 9.81. The van der Waals surface area contributed by atoms with E-state index >= 15 is 0 Å². The molecule has 1 heterocycles. The van der Waals surface area contributed by atoms with Crippen LogP contribution in [0.1, 0.15) is 41.0 Å². The number of hydrogen-bond donors (Lipinski definition) is 3. The lowest BCUT2D eigenvalue weighted by Crippen LogP contribution is -2.57. The Hall–Kier alpha value is -1.63. The topological polar surface area (TPSA) is 92.2 Å². The summed E-state index contributed by atoms with van der Waals surface area (Å²) < 4.78 is 5.56. The van der Waals surface area contributed by atoms with Gasteiger partial charge in [-0.1, -0.05) is 13.8 Å². The molecule has 2 atom stereocenters. The summed E-state index contributed by atoms with van der Waals surface area (Å²) in [6.45, 7) is 10.6. The normalized spacial score (nSPS) is 23.6. The van der Waals surface area contributed by atoms with Gasteiger partial charge in [-0.15, -0.1) is 0 Å². The highest BCUT2D eigenvalue weighted by molar-refractivity contribution is 5.38. The van der Waals surface area contributed by atoms with Crippen molar-refractivity contribution >= 4 is 11.9 Å². The Morgan fingerprint density at radius 3 is 2.48 bits per heavy atom. The molecular formula is C14H25N5O2. The molecule has 1 aromatic rings. The van der Waals surface area contributed by atoms with Gasteiger partial charge in [0.15, 0.2) is 0 Å². The zero-order valence-electron chi connectivity index (χ0n) is 13.3. The third kappa shape index (κ3) is 3.53. The van der Waals surface area contributed by atoms with Crippen LogP contribution in [0.25, 0.3) is 0 Å². The van der Waals surface area contributed by atoms with E-state index in [4.69, 9.17) is 4.74 Å². The second kappa shape index (κ2) is 6.01. The van der Waals surface area contributed by atoms with Gasteiger partial charge in [-0.25, -0.2) is 0 Å². The van der Waals surface area contributed by atoms with Gasteiger partial charge in [0.2, 0.25) is 11.9 Å². The number of hydrogen-bond acceptors (Lipinski definition) is 7. The number of ether oxygens (including phenoxy) is 1. The minimum absolute atomic E-state index is 0.00306. The Morgan fingerprint density at radius 1 is 1.29 bits per heavy atom. The maximum absolute atomic E-state index is 9.81. The van der Waals surface area contributed by atoms with E-state index in [9.17, 15) is 5.11 Å². The van der Waals surface area contributed by atoms with Gasteiger partial charge in [0.05, 0.1) is 12.2 Å². The van der Waals surface area contributed by atoms with Crippen LogP contribution in [0, 0.1) is 5.41 Å². The van der Waals surface area contributed by atoms with E-state index in [1.165, 1.54) is 0 Å². The highest BCUT2D eigenvalue weighted by Gasteiger charge is 2.47. The Morgan fingerprint density at radius 2 is 1.95 bits per heavy atom. The summed E-state index contributed by atoms with van der Waals surface area (Å²) in [5.74, 6) is 0.963. The number of aliphatic hydroxyl groups is 1. The van der Waals surface area contributed by atoms with Gasteiger partial charge in [0.25, 0.3) is 0 Å². The first-order valence-electron chi connectivity index (χ1n) is 7.44. The molecule has 1 aromatic heterocycles. The summed E-state index contributed by atoms with van der Waals surface area (Å²) >= 11 is 0. The molecule has 2 rings (SSSR count). The van der Waals surface area contributed by atoms with E-state index in [2.05, 4.69) is 25.6 Å². The van der Waals surface area contributed by atoms with Crippen LogP contribution in [-0.2, 0) is 0 Å². The Kier molecular flexibility index (Phi) is 4.51. The molecule has 0 bridgehead atoms. The van der Waals surface area contributed by atoms with Crippen molar-refractivity contribution in [2.45, 2.75) is 59.3 Å². The van der Waals surface area contributed by atoms with E-state index in [1.807, 2.05) is 34.6 Å². The van der Waals surface area contributed by atoms with Crippen molar-refractivity contribution in [2.24, 2.45) is 5.41 Å². The number of aliphatic hydroxyl groups excluding tert-OH is 1. The lowest BCUT2D eigenvalue weighted by atomic mass is 9.65. The summed E-state index contributed by atoms with van der Waals surface area (Å²) in [4.78, 5) is 12.8. The fraction of sp³-hybridized carbons (Fsp3) is 0.786. The fourth-order valence-corrected chi connectivity index (χ4v) is 2.23. The SMILES string of the molecule is CCNc1nc(NC2CC(O)C2(C)C)nc(OC(C)C)n1. The van der Waals surface area contributed by atoms with Crippen molar-refractivity contribution in [1.82, 2.24) is 15.0 Å². The number of aromatic nitrogens is 3. The summed E-state index contributed by atoms with van der Waals surface area (Å²) in [7, 11) is 0. The van der Waals surface area contributed by atoms with Gasteiger partial charge in [0.1, 0.15) is 0 Å². The van der Waals surface area contributed by atoms with Gasteiger partial charge in [0, 0.05) is 18.0 Å². The van der Waals surface area contributed by atoms with Crippen LogP contribution in [0.4, 0.5) is 11.9 Å². The van der Waals surface area contributed by atoms with Crippen molar-refractivity contribution in [1.29, 1.82) is 0 Å². The Bertz CT molecular complexity index is 492. The molecule has 1 fully saturated rings. The average molecular weight is 295 g/mol. The Labute approximate surface area is 125 Å². The molecule has 7 heteroatoms. The predicted octanol–water partition coefficient (Wildman–Crippen LogP) is 1.66. The average Bonchev–Trinajstić information content (AvgIpc) is 2.37. The summed E-state index contributed by atoms with van der Waals surface area (Å²) in [5, 5.41) is 16.1. The minimum atomic E-state index is -0.295. The first-order chi connectivity index (χ1) is 9.82. The van der Waals surface area contributed by atoms with E-state index in [0.29, 0.717) is 24.3 Å². The van der Waals surface area contributed by atoms with Crippen LogP contribution >= 0.6 is 0 Å². The third-order valence-corrected chi connectivity index (χ3v) is 3.81. The lowest BCUT2D eigenvalue weighted by molar-refractivity contribution is -0.0513. The predicted molar refractivity (Wildman–Crippen MR) is 81.6 cm³/mol. The highest BCUT2D eigenvalue weighted by atomic mass is 16.5. The molecule has 7 nitrogen and oxygen atoms in total. The van der Waals surface area contributed by atoms with Crippen LogP contribution in [0.5, 0.6) is 6.01 Å². The number of nitrogens with one attached hydrogen (secondary N) is 2. The smallest absolute Gasteiger partial charge is 0.323 e. The maximum Gasteiger partial charge on any atom is 0.323 e. The molecule has 0 saturated heterocycles. The zero-order chi connectivity index (χ0) is 15.6. The first kappa shape index (κ1) is 15.8. The van der Waals surface area contributed by atoms with Crippen molar-refractivity contribution < 1.29 is 9.84 Å². The molecule has 0 amide bonds. The summed E-state index contributed by atoms with van der Waals surface area (Å²) in [6.07, 6.45) is 0.392. The van der Waals surface area contributed by atoms with E-state index in [0.717, 1.165) is 6.54 Å². The molecule has 0 aliphatic heterocycles. The van der Waals surface area contributed by atoms with Gasteiger partial charge >= 0.3 is 6.01 Å². The van der Waals surface area contributed by atoms with Crippen LogP contribution < -0.4 is 15.4 Å². The largest absolute Gasteiger partial charge is 0.461 e. The van der Waals surface area contributed by atoms with Gasteiger partial charge in [-0.2, -0.15) is 15.0 Å². The molecule has 1 saturated carbocycles. The molecule has 1 aliphatic carbocycles. The first-order valence-corrected chi connectivity index (χ1v) is 7.44. The summed E-state index contributed by atoms with van der Waals surface area (Å²) in [6, 6.07) is 0.437. The van der Waals surface area contributed by atoms with Gasteiger partial charge < -0.3 is 20.5 Å². The van der Waals surface area contributed by atoms with Crippen molar-refractivity contribution in [2.75, 3.05) is 17.2 Å². The molecule has 2 unspecified atom stereocenters. The van der Waals surface area contributed by atoms with Crippen molar-refractivity contribution in [3.05, 3.63) is 0 Å². The molecule has 1 aliphatic rings. The summed E-state index contributed by atoms with van der Waals surface area (Å²) in [5.41, 5.74) is -0.190. The van der Waals surface area contributed by atoms with Crippen LogP contribution in [0.2, 0.25) is 0 Å². The standard InChI is InChI=1S/C14H25N5O2/c1-6-15-11-17-12(19-13(18-11)21-8(2)3)16-9-7-10(20)14(9,4)5/h8-10,20H,6-7H2,1-5H3,(H2,15,16,17,18,19). The molecular weight excluding hydrogens is 270 g/mol. The minimum Gasteiger partial charge on any atom is -0.461 e. The van der Waals surface area contributed by atoms with Crippen LogP contribution in [-0.4, -0.2) is 44.9 Å². The van der Waals surface area contributed by atoms with Crippen LogP contribution in [0.15, 0.2) is 0 Å². The third-order valence-electron chi connectivity index (χ3n) is 3.81. The molecule has 0 radical (unpaired) electrons. The fourth-order valence-electron chi connectivity index (χ4n) is 2.23. The monoisotopic (exact) mass is 295 g/mol. The molecule has 118 valence electrons. The molecule has 0 spiro atoms.